The Balaban J connectivity index is 1.60. The van der Waals surface area contributed by atoms with Crippen LogP contribution in [0.4, 0.5) is 11.4 Å². The quantitative estimate of drug-likeness (QED) is 0.278. The molecular formula is C26H18Cl2N2O4S. The van der Waals surface area contributed by atoms with Gasteiger partial charge in [0.25, 0.3) is 15.9 Å². The molecule has 0 radical (unpaired) electrons. The van der Waals surface area contributed by atoms with Crippen molar-refractivity contribution in [2.75, 3.05) is 10.0 Å². The molecule has 0 bridgehead atoms. The van der Waals surface area contributed by atoms with Gasteiger partial charge in [0.2, 0.25) is 0 Å². The highest BCUT2D eigenvalue weighted by atomic mass is 35.5. The van der Waals surface area contributed by atoms with Crippen molar-refractivity contribution in [2.24, 2.45) is 0 Å². The molecule has 4 aromatic carbocycles. The fourth-order valence-electron chi connectivity index (χ4n) is 3.34. The second-order valence-corrected chi connectivity index (χ2v) is 9.98. The van der Waals surface area contributed by atoms with Crippen molar-refractivity contribution in [3.8, 4) is 0 Å². The topological polar surface area (TPSA) is 92.3 Å². The Kier molecular flexibility index (Phi) is 7.21. The minimum Gasteiger partial charge on any atom is -0.321 e. The number of ketones is 1. The van der Waals surface area contributed by atoms with Gasteiger partial charge in [-0.15, -0.1) is 0 Å². The Bertz CT molecular complexity index is 1520. The predicted octanol–water partition coefficient (Wildman–Crippen LogP) is 6.28. The summed E-state index contributed by atoms with van der Waals surface area (Å²) in [4.78, 5) is 26.2. The molecule has 0 saturated carbocycles. The van der Waals surface area contributed by atoms with E-state index in [1.165, 1.54) is 42.5 Å². The zero-order valence-corrected chi connectivity index (χ0v) is 20.4. The third kappa shape index (κ3) is 5.71. The van der Waals surface area contributed by atoms with Crippen LogP contribution in [-0.2, 0) is 10.0 Å². The van der Waals surface area contributed by atoms with Crippen LogP contribution in [-0.4, -0.2) is 20.1 Å². The molecule has 0 spiro atoms. The maximum atomic E-state index is 13.1. The lowest BCUT2D eigenvalue weighted by molar-refractivity contribution is 0.102. The summed E-state index contributed by atoms with van der Waals surface area (Å²) in [6.45, 7) is 0. The summed E-state index contributed by atoms with van der Waals surface area (Å²) in [6, 6.07) is 25.0. The number of anilines is 2. The van der Waals surface area contributed by atoms with Crippen molar-refractivity contribution in [1.29, 1.82) is 0 Å². The maximum absolute atomic E-state index is 13.1. The predicted molar refractivity (Wildman–Crippen MR) is 138 cm³/mol. The fourth-order valence-corrected chi connectivity index (χ4v) is 4.80. The van der Waals surface area contributed by atoms with E-state index in [0.717, 1.165) is 0 Å². The Morgan fingerprint density at radius 3 is 2.17 bits per heavy atom. The SMILES string of the molecule is O=C(Nc1ccc(Cl)cc1C(=O)c1ccccc1Cl)c1cccc(NS(=O)(=O)c2ccccc2)c1. The summed E-state index contributed by atoms with van der Waals surface area (Å²) in [7, 11) is -3.83. The van der Waals surface area contributed by atoms with E-state index in [9.17, 15) is 18.0 Å². The highest BCUT2D eigenvalue weighted by molar-refractivity contribution is 7.92. The first-order chi connectivity index (χ1) is 16.7. The van der Waals surface area contributed by atoms with Crippen LogP contribution < -0.4 is 10.0 Å². The molecule has 0 aliphatic heterocycles. The Morgan fingerprint density at radius 1 is 0.714 bits per heavy atom. The second kappa shape index (κ2) is 10.3. The van der Waals surface area contributed by atoms with Gasteiger partial charge < -0.3 is 5.32 Å². The molecule has 6 nitrogen and oxygen atoms in total. The first-order valence-corrected chi connectivity index (χ1v) is 12.6. The van der Waals surface area contributed by atoms with E-state index in [2.05, 4.69) is 10.0 Å². The number of carbonyl (C=O) groups excluding carboxylic acids is 2. The number of benzene rings is 4. The summed E-state index contributed by atoms with van der Waals surface area (Å²) >= 11 is 12.3. The lowest BCUT2D eigenvalue weighted by atomic mass is 10.0. The first kappa shape index (κ1) is 24.5. The van der Waals surface area contributed by atoms with Crippen LogP contribution in [0.25, 0.3) is 0 Å². The third-order valence-electron chi connectivity index (χ3n) is 5.02. The summed E-state index contributed by atoms with van der Waals surface area (Å²) in [6.07, 6.45) is 0. The van der Waals surface area contributed by atoms with Crippen LogP contribution >= 0.6 is 23.2 Å². The molecule has 2 N–H and O–H groups in total. The van der Waals surface area contributed by atoms with Gasteiger partial charge in [-0.1, -0.05) is 59.6 Å². The number of amides is 1. The van der Waals surface area contributed by atoms with Gasteiger partial charge in [-0.2, -0.15) is 0 Å². The molecule has 0 unspecified atom stereocenters. The minimum absolute atomic E-state index is 0.0961. The number of carbonyl (C=O) groups is 2. The third-order valence-corrected chi connectivity index (χ3v) is 6.99. The molecule has 0 aliphatic carbocycles. The molecule has 0 aromatic heterocycles. The van der Waals surface area contributed by atoms with Crippen molar-refractivity contribution >= 4 is 56.3 Å². The van der Waals surface area contributed by atoms with Crippen molar-refractivity contribution in [2.45, 2.75) is 4.90 Å². The largest absolute Gasteiger partial charge is 0.321 e. The van der Waals surface area contributed by atoms with Crippen LogP contribution in [0.15, 0.2) is 102 Å². The number of hydrogen-bond acceptors (Lipinski definition) is 4. The number of hydrogen-bond donors (Lipinski definition) is 2. The van der Waals surface area contributed by atoms with Gasteiger partial charge in [-0.3, -0.25) is 14.3 Å². The van der Waals surface area contributed by atoms with Crippen LogP contribution in [0.3, 0.4) is 0 Å². The average Bonchev–Trinajstić information content (AvgIpc) is 2.85. The summed E-state index contributed by atoms with van der Waals surface area (Å²) in [5, 5.41) is 3.29. The van der Waals surface area contributed by atoms with Gasteiger partial charge in [0.15, 0.2) is 5.78 Å². The van der Waals surface area contributed by atoms with E-state index in [-0.39, 0.29) is 38.0 Å². The Hall–Kier alpha value is -3.65. The highest BCUT2D eigenvalue weighted by Gasteiger charge is 2.19. The number of halogens is 2. The summed E-state index contributed by atoms with van der Waals surface area (Å²) < 4.78 is 27.7. The van der Waals surface area contributed by atoms with E-state index >= 15 is 0 Å². The molecule has 0 saturated heterocycles. The molecule has 0 aliphatic rings. The van der Waals surface area contributed by atoms with Crippen molar-refractivity contribution in [3.05, 3.63) is 124 Å². The Labute approximate surface area is 212 Å². The van der Waals surface area contributed by atoms with Gasteiger partial charge in [-0.25, -0.2) is 8.42 Å². The molecule has 1 amide bonds. The van der Waals surface area contributed by atoms with Crippen molar-refractivity contribution < 1.29 is 18.0 Å². The van der Waals surface area contributed by atoms with Crippen LogP contribution in [0, 0.1) is 0 Å². The molecule has 9 heteroatoms. The highest BCUT2D eigenvalue weighted by Crippen LogP contribution is 2.27. The zero-order chi connectivity index (χ0) is 25.0. The summed E-state index contributed by atoms with van der Waals surface area (Å²) in [5.74, 6) is -0.945. The maximum Gasteiger partial charge on any atom is 0.261 e. The Morgan fingerprint density at radius 2 is 1.43 bits per heavy atom. The zero-order valence-electron chi connectivity index (χ0n) is 18.0. The van der Waals surface area contributed by atoms with Crippen molar-refractivity contribution in [3.63, 3.8) is 0 Å². The monoisotopic (exact) mass is 524 g/mol. The van der Waals surface area contributed by atoms with Crippen LogP contribution in [0.2, 0.25) is 10.0 Å². The van der Waals surface area contributed by atoms with E-state index in [1.54, 1.807) is 54.6 Å². The number of sulfonamides is 1. The molecule has 4 aromatic rings. The lowest BCUT2D eigenvalue weighted by Crippen LogP contribution is -2.17. The molecule has 0 atom stereocenters. The number of rotatable bonds is 7. The van der Waals surface area contributed by atoms with Crippen LogP contribution in [0.1, 0.15) is 26.3 Å². The summed E-state index contributed by atoms with van der Waals surface area (Å²) in [5.41, 5.74) is 1.07. The normalized spacial score (nSPS) is 11.0. The molecule has 0 heterocycles. The van der Waals surface area contributed by atoms with E-state index < -0.39 is 21.7 Å². The second-order valence-electron chi connectivity index (χ2n) is 7.45. The molecular weight excluding hydrogens is 507 g/mol. The van der Waals surface area contributed by atoms with E-state index in [1.807, 2.05) is 0 Å². The van der Waals surface area contributed by atoms with Gasteiger partial charge in [0, 0.05) is 27.4 Å². The molecule has 4 rings (SSSR count). The van der Waals surface area contributed by atoms with E-state index in [4.69, 9.17) is 23.2 Å². The smallest absolute Gasteiger partial charge is 0.261 e. The molecule has 35 heavy (non-hydrogen) atoms. The van der Waals surface area contributed by atoms with Gasteiger partial charge in [0.1, 0.15) is 0 Å². The number of nitrogens with one attached hydrogen (secondary N) is 2. The van der Waals surface area contributed by atoms with Gasteiger partial charge >= 0.3 is 0 Å². The molecule has 176 valence electrons. The standard InChI is InChI=1S/C26H18Cl2N2O4S/c27-18-13-14-24(22(16-18)25(31)21-11-4-5-12-23(21)28)29-26(32)17-7-6-8-19(15-17)30-35(33,34)20-9-2-1-3-10-20/h1-16,30H,(H,29,32). The fraction of sp³-hybridized carbons (Fsp3) is 0. The van der Waals surface area contributed by atoms with Crippen LogP contribution in [0.5, 0.6) is 0 Å². The van der Waals surface area contributed by atoms with Gasteiger partial charge in [0.05, 0.1) is 15.6 Å². The van der Waals surface area contributed by atoms with E-state index in [0.29, 0.717) is 5.02 Å². The lowest BCUT2D eigenvalue weighted by Gasteiger charge is -2.13. The molecule has 0 fully saturated rings. The van der Waals surface area contributed by atoms with Crippen molar-refractivity contribution in [1.82, 2.24) is 0 Å². The first-order valence-electron chi connectivity index (χ1n) is 10.3. The average molecular weight is 525 g/mol. The minimum atomic E-state index is -3.83. The van der Waals surface area contributed by atoms with Gasteiger partial charge in [-0.05, 0) is 60.7 Å².